The van der Waals surface area contributed by atoms with Gasteiger partial charge in [0, 0.05) is 6.04 Å². The molecule has 1 saturated carbocycles. The summed E-state index contributed by atoms with van der Waals surface area (Å²) in [7, 11) is 0. The Morgan fingerprint density at radius 3 is 1.67 bits per heavy atom. The van der Waals surface area contributed by atoms with Gasteiger partial charge >= 0.3 is 0 Å². The van der Waals surface area contributed by atoms with Crippen LogP contribution in [-0.2, 0) is 0 Å². The molecule has 1 rings (SSSR count). The number of hydrogen-bond acceptors (Lipinski definition) is 1. The highest BCUT2D eigenvalue weighted by Crippen LogP contribution is 2.14. The van der Waals surface area contributed by atoms with Crippen LogP contribution in [0.3, 0.4) is 0 Å². The molecular formula is C11H23N. The molecule has 0 aromatic carbocycles. The minimum Gasteiger partial charge on any atom is -0.328 e. The Labute approximate surface area is 77.4 Å². The van der Waals surface area contributed by atoms with Gasteiger partial charge in [0.1, 0.15) is 0 Å². The van der Waals surface area contributed by atoms with Crippen molar-refractivity contribution in [2.45, 2.75) is 45.1 Å². The maximum absolute atomic E-state index is 5.63. The van der Waals surface area contributed by atoms with Crippen LogP contribution in [-0.4, -0.2) is 6.04 Å². The number of rotatable bonds is 0. The highest BCUT2D eigenvalue weighted by molar-refractivity contribution is 4.66. The molecule has 1 fully saturated rings. The van der Waals surface area contributed by atoms with E-state index in [4.69, 9.17) is 5.73 Å². The minimum absolute atomic E-state index is 0.536. The van der Waals surface area contributed by atoms with Crippen molar-refractivity contribution in [1.29, 1.82) is 0 Å². The van der Waals surface area contributed by atoms with Crippen molar-refractivity contribution in [2.24, 2.45) is 5.73 Å². The van der Waals surface area contributed by atoms with E-state index in [-0.39, 0.29) is 0 Å². The van der Waals surface area contributed by atoms with Crippen molar-refractivity contribution >= 4 is 0 Å². The van der Waals surface area contributed by atoms with Crippen LogP contribution in [0.2, 0.25) is 0 Å². The van der Waals surface area contributed by atoms with Gasteiger partial charge in [-0.05, 0) is 19.8 Å². The first-order valence-corrected chi connectivity index (χ1v) is 4.64. The summed E-state index contributed by atoms with van der Waals surface area (Å²) in [5, 5.41) is 0. The molecule has 12 heavy (non-hydrogen) atoms. The summed E-state index contributed by atoms with van der Waals surface area (Å²) >= 11 is 0. The zero-order chi connectivity index (χ0) is 9.82. The molecule has 1 heteroatoms. The molecule has 0 heterocycles. The molecule has 1 aliphatic rings. The molecule has 2 N–H and O–H groups in total. The van der Waals surface area contributed by atoms with E-state index in [1.807, 2.05) is 6.92 Å². The lowest BCUT2D eigenvalue weighted by Crippen LogP contribution is -2.22. The SMILES string of the molecule is C=C.C=CC.NC1CCCCC1. The molecule has 1 nitrogen and oxygen atoms in total. The fraction of sp³-hybridized carbons (Fsp3) is 0.636. The average Bonchev–Trinajstić information content (AvgIpc) is 2.11. The van der Waals surface area contributed by atoms with E-state index in [1.165, 1.54) is 32.1 Å². The highest BCUT2D eigenvalue weighted by Gasteiger charge is 2.06. The summed E-state index contributed by atoms with van der Waals surface area (Å²) < 4.78 is 0. The van der Waals surface area contributed by atoms with Gasteiger partial charge in [-0.1, -0.05) is 25.3 Å². The Morgan fingerprint density at radius 2 is 1.50 bits per heavy atom. The van der Waals surface area contributed by atoms with E-state index in [0.29, 0.717) is 6.04 Å². The van der Waals surface area contributed by atoms with Crippen molar-refractivity contribution in [3.63, 3.8) is 0 Å². The summed E-state index contributed by atoms with van der Waals surface area (Å²) in [5.41, 5.74) is 5.63. The van der Waals surface area contributed by atoms with Gasteiger partial charge in [0.15, 0.2) is 0 Å². The third-order valence-corrected chi connectivity index (χ3v) is 1.65. The maximum atomic E-state index is 5.63. The van der Waals surface area contributed by atoms with E-state index < -0.39 is 0 Å². The second-order valence-electron chi connectivity index (χ2n) is 2.81. The second kappa shape index (κ2) is 13.1. The van der Waals surface area contributed by atoms with Gasteiger partial charge < -0.3 is 5.73 Å². The van der Waals surface area contributed by atoms with E-state index >= 15 is 0 Å². The first-order chi connectivity index (χ1) is 5.81. The van der Waals surface area contributed by atoms with E-state index in [9.17, 15) is 0 Å². The first kappa shape index (κ1) is 14.0. The van der Waals surface area contributed by atoms with Gasteiger partial charge in [-0.3, -0.25) is 0 Å². The molecule has 0 spiro atoms. The molecule has 0 atom stereocenters. The summed E-state index contributed by atoms with van der Waals surface area (Å²) in [6, 6.07) is 0.536. The summed E-state index contributed by atoms with van der Waals surface area (Å²) in [6.45, 7) is 11.2. The highest BCUT2D eigenvalue weighted by atomic mass is 14.6. The van der Waals surface area contributed by atoms with E-state index in [1.54, 1.807) is 6.08 Å². The number of allylic oxidation sites excluding steroid dienone is 1. The zero-order valence-electron chi connectivity index (χ0n) is 8.39. The number of nitrogens with two attached hydrogens (primary N) is 1. The summed E-state index contributed by atoms with van der Waals surface area (Å²) in [4.78, 5) is 0. The minimum atomic E-state index is 0.536. The van der Waals surface area contributed by atoms with E-state index in [2.05, 4.69) is 19.7 Å². The molecule has 0 aromatic heterocycles. The van der Waals surface area contributed by atoms with E-state index in [0.717, 1.165) is 0 Å². The predicted octanol–water partition coefficient (Wildman–Crippen LogP) is 3.27. The largest absolute Gasteiger partial charge is 0.328 e. The Balaban J connectivity index is 0. The number of hydrogen-bond donors (Lipinski definition) is 1. The fourth-order valence-corrected chi connectivity index (χ4v) is 1.13. The molecule has 0 unspecified atom stereocenters. The lowest BCUT2D eigenvalue weighted by molar-refractivity contribution is 0.441. The quantitative estimate of drug-likeness (QED) is 0.553. The van der Waals surface area contributed by atoms with Gasteiger partial charge in [0.05, 0.1) is 0 Å². The van der Waals surface area contributed by atoms with Crippen LogP contribution in [0.1, 0.15) is 39.0 Å². The Kier molecular flexibility index (Phi) is 15.2. The Hall–Kier alpha value is -0.560. The molecule has 0 amide bonds. The summed E-state index contributed by atoms with van der Waals surface area (Å²) in [6.07, 6.45) is 8.41. The standard InChI is InChI=1S/C6H13N.C3H6.C2H4/c7-6-4-2-1-3-5-6;1-3-2;1-2/h6H,1-5,7H2;3H,1H2,2H3;1-2H2. The fourth-order valence-electron chi connectivity index (χ4n) is 1.13. The van der Waals surface area contributed by atoms with Crippen LogP contribution in [0, 0.1) is 0 Å². The van der Waals surface area contributed by atoms with Gasteiger partial charge in [-0.25, -0.2) is 0 Å². The average molecular weight is 169 g/mol. The van der Waals surface area contributed by atoms with Crippen LogP contribution < -0.4 is 5.73 Å². The molecule has 0 aromatic rings. The third-order valence-electron chi connectivity index (χ3n) is 1.65. The summed E-state index contributed by atoms with van der Waals surface area (Å²) in [5.74, 6) is 0. The van der Waals surface area contributed by atoms with Crippen LogP contribution in [0.4, 0.5) is 0 Å². The molecule has 0 radical (unpaired) electrons. The topological polar surface area (TPSA) is 26.0 Å². The van der Waals surface area contributed by atoms with Crippen molar-refractivity contribution in [3.8, 4) is 0 Å². The zero-order valence-corrected chi connectivity index (χ0v) is 8.39. The molecule has 0 saturated heterocycles. The Bertz CT molecular complexity index is 83.0. The molecular weight excluding hydrogens is 146 g/mol. The van der Waals surface area contributed by atoms with Crippen molar-refractivity contribution < 1.29 is 0 Å². The Morgan fingerprint density at radius 1 is 1.17 bits per heavy atom. The van der Waals surface area contributed by atoms with Crippen molar-refractivity contribution in [1.82, 2.24) is 0 Å². The van der Waals surface area contributed by atoms with Crippen molar-refractivity contribution in [2.75, 3.05) is 0 Å². The lowest BCUT2D eigenvalue weighted by atomic mass is 9.97. The lowest BCUT2D eigenvalue weighted by Gasteiger charge is -2.15. The van der Waals surface area contributed by atoms with Gasteiger partial charge in [-0.15, -0.1) is 19.7 Å². The van der Waals surface area contributed by atoms with Gasteiger partial charge in [-0.2, -0.15) is 0 Å². The van der Waals surface area contributed by atoms with Crippen LogP contribution in [0.15, 0.2) is 25.8 Å². The van der Waals surface area contributed by atoms with Gasteiger partial charge in [0.2, 0.25) is 0 Å². The molecule has 72 valence electrons. The van der Waals surface area contributed by atoms with Crippen LogP contribution in [0.25, 0.3) is 0 Å². The normalized spacial score (nSPS) is 16.2. The molecule has 0 aliphatic heterocycles. The third kappa shape index (κ3) is 12.1. The predicted molar refractivity (Wildman–Crippen MR) is 58.2 cm³/mol. The van der Waals surface area contributed by atoms with Crippen molar-refractivity contribution in [3.05, 3.63) is 25.8 Å². The van der Waals surface area contributed by atoms with Crippen LogP contribution in [0.5, 0.6) is 0 Å². The second-order valence-corrected chi connectivity index (χ2v) is 2.81. The molecule has 0 bridgehead atoms. The van der Waals surface area contributed by atoms with Crippen LogP contribution >= 0.6 is 0 Å². The smallest absolute Gasteiger partial charge is 0.00388 e. The monoisotopic (exact) mass is 169 g/mol. The molecule has 1 aliphatic carbocycles. The first-order valence-electron chi connectivity index (χ1n) is 4.64. The van der Waals surface area contributed by atoms with Gasteiger partial charge in [0.25, 0.3) is 0 Å². The maximum Gasteiger partial charge on any atom is 0.00388 e.